The maximum atomic E-state index is 10.8. The van der Waals surface area contributed by atoms with E-state index in [4.69, 9.17) is 17.0 Å². The first-order valence-electron chi connectivity index (χ1n) is 3.91. The molecule has 0 aromatic carbocycles. The van der Waals surface area contributed by atoms with E-state index in [1.807, 2.05) is 0 Å². The van der Waals surface area contributed by atoms with Gasteiger partial charge in [-0.25, -0.2) is 4.79 Å². The van der Waals surface area contributed by atoms with Gasteiger partial charge in [0.25, 0.3) is 0 Å². The third kappa shape index (κ3) is 7.48. The molecule has 0 atom stereocenters. The molecule has 0 bridgehead atoms. The van der Waals surface area contributed by atoms with E-state index < -0.39 is 6.09 Å². The molecule has 0 fully saturated rings. The second-order valence-corrected chi connectivity index (χ2v) is 2.50. The maximum absolute atomic E-state index is 10.8. The van der Waals surface area contributed by atoms with E-state index in [0.717, 1.165) is 0 Å². The lowest BCUT2D eigenvalue weighted by Crippen LogP contribution is -2.40. The number of carbonyl (C=O) groups excluding carboxylic acids is 1. The molecule has 5 nitrogen and oxygen atoms in total. The molecule has 0 rings (SSSR count). The summed E-state index contributed by atoms with van der Waals surface area (Å²) in [4.78, 5) is 10.8. The van der Waals surface area contributed by atoms with Gasteiger partial charge in [-0.1, -0.05) is 0 Å². The third-order valence-electron chi connectivity index (χ3n) is 1.08. The summed E-state index contributed by atoms with van der Waals surface area (Å²) in [6, 6.07) is 0. The van der Waals surface area contributed by atoms with E-state index in [1.165, 1.54) is 0 Å². The number of ether oxygens (including phenoxy) is 2. The maximum Gasteiger partial charge on any atom is 0.413 e. The van der Waals surface area contributed by atoms with Crippen LogP contribution in [0, 0.1) is 0 Å². The quantitative estimate of drug-likeness (QED) is 0.510. The Labute approximate surface area is 82.8 Å². The minimum absolute atomic E-state index is 0.246. The van der Waals surface area contributed by atoms with Gasteiger partial charge in [0.05, 0.1) is 13.2 Å². The van der Waals surface area contributed by atoms with Crippen LogP contribution in [-0.4, -0.2) is 38.1 Å². The zero-order valence-corrected chi connectivity index (χ0v) is 8.57. The first kappa shape index (κ1) is 12.1. The molecule has 0 heterocycles. The van der Waals surface area contributed by atoms with Gasteiger partial charge in [-0.2, -0.15) is 0 Å². The summed E-state index contributed by atoms with van der Waals surface area (Å²) in [5.74, 6) is 0. The lowest BCUT2D eigenvalue weighted by atomic mass is 10.7. The van der Waals surface area contributed by atoms with Crippen molar-refractivity contribution in [2.45, 2.75) is 6.92 Å². The van der Waals surface area contributed by atoms with Crippen LogP contribution >= 0.6 is 12.2 Å². The van der Waals surface area contributed by atoms with Crippen LogP contribution in [0.3, 0.4) is 0 Å². The van der Waals surface area contributed by atoms with Crippen LogP contribution in [0.25, 0.3) is 0 Å². The van der Waals surface area contributed by atoms with E-state index in [1.54, 1.807) is 14.0 Å². The summed E-state index contributed by atoms with van der Waals surface area (Å²) >= 11 is 4.78. The lowest BCUT2D eigenvalue weighted by molar-refractivity contribution is 0.157. The van der Waals surface area contributed by atoms with Crippen molar-refractivity contribution in [3.8, 4) is 0 Å². The highest BCUT2D eigenvalue weighted by Crippen LogP contribution is 1.76. The highest BCUT2D eigenvalue weighted by Gasteiger charge is 2.02. The van der Waals surface area contributed by atoms with Gasteiger partial charge in [-0.15, -0.1) is 0 Å². The molecule has 76 valence electrons. The molecule has 0 aliphatic rings. The second kappa shape index (κ2) is 7.75. The molecule has 0 aliphatic heterocycles. The smallest absolute Gasteiger partial charge is 0.413 e. The number of amides is 1. The molecule has 0 aromatic heterocycles. The zero-order valence-electron chi connectivity index (χ0n) is 7.75. The SMILES string of the molecule is CCOC(=O)NC(=S)NCCOC. The molecule has 6 heteroatoms. The lowest BCUT2D eigenvalue weighted by Gasteiger charge is -2.08. The summed E-state index contributed by atoms with van der Waals surface area (Å²) in [5, 5.41) is 5.36. The number of hydrogen-bond acceptors (Lipinski definition) is 4. The van der Waals surface area contributed by atoms with Crippen molar-refractivity contribution < 1.29 is 14.3 Å². The minimum atomic E-state index is -0.544. The fourth-order valence-electron chi connectivity index (χ4n) is 0.571. The predicted molar refractivity (Wildman–Crippen MR) is 52.6 cm³/mol. The number of methoxy groups -OCH3 is 1. The standard InChI is InChI=1S/C7H14N2O3S/c1-3-12-7(10)9-6(13)8-4-5-11-2/h3-5H2,1-2H3,(H2,8,9,10,13). The summed E-state index contributed by atoms with van der Waals surface area (Å²) in [6.07, 6.45) is -0.544. The Hall–Kier alpha value is -0.880. The Kier molecular flexibility index (Phi) is 7.23. The van der Waals surface area contributed by atoms with E-state index in [0.29, 0.717) is 19.8 Å². The number of nitrogens with one attached hydrogen (secondary N) is 2. The summed E-state index contributed by atoms with van der Waals surface area (Å²) in [6.45, 7) is 3.14. The van der Waals surface area contributed by atoms with Crippen molar-refractivity contribution in [3.63, 3.8) is 0 Å². The normalized spacial score (nSPS) is 9.08. The summed E-state index contributed by atoms with van der Waals surface area (Å²) in [7, 11) is 1.59. The number of carbonyl (C=O) groups is 1. The van der Waals surface area contributed by atoms with Gasteiger partial charge in [0.15, 0.2) is 5.11 Å². The summed E-state index contributed by atoms with van der Waals surface area (Å²) < 4.78 is 9.39. The number of rotatable bonds is 4. The van der Waals surface area contributed by atoms with Crippen molar-refractivity contribution in [1.29, 1.82) is 0 Å². The molecular weight excluding hydrogens is 192 g/mol. The van der Waals surface area contributed by atoms with E-state index in [2.05, 4.69) is 15.4 Å². The van der Waals surface area contributed by atoms with Gasteiger partial charge in [-0.3, -0.25) is 5.32 Å². The second-order valence-electron chi connectivity index (χ2n) is 2.09. The summed E-state index contributed by atoms with van der Waals surface area (Å²) in [5.41, 5.74) is 0. The van der Waals surface area contributed by atoms with Crippen molar-refractivity contribution in [1.82, 2.24) is 10.6 Å². The third-order valence-corrected chi connectivity index (χ3v) is 1.33. The molecule has 2 N–H and O–H groups in total. The predicted octanol–water partition coefficient (Wildman–Crippen LogP) is 0.253. The van der Waals surface area contributed by atoms with E-state index in [9.17, 15) is 4.79 Å². The number of hydrogen-bond donors (Lipinski definition) is 2. The van der Waals surface area contributed by atoms with Crippen LogP contribution in [0.15, 0.2) is 0 Å². The Morgan fingerprint density at radius 1 is 1.54 bits per heavy atom. The molecular formula is C7H14N2O3S. The first-order valence-corrected chi connectivity index (χ1v) is 4.32. The fraction of sp³-hybridized carbons (Fsp3) is 0.714. The Bertz CT molecular complexity index is 175. The van der Waals surface area contributed by atoms with Gasteiger partial charge < -0.3 is 14.8 Å². The van der Waals surface area contributed by atoms with Gasteiger partial charge in [0.1, 0.15) is 0 Å². The zero-order chi connectivity index (χ0) is 10.1. The van der Waals surface area contributed by atoms with Gasteiger partial charge in [-0.05, 0) is 19.1 Å². The van der Waals surface area contributed by atoms with Crippen LogP contribution in [0.1, 0.15) is 6.92 Å². The average Bonchev–Trinajstić information content (AvgIpc) is 2.05. The highest BCUT2D eigenvalue weighted by molar-refractivity contribution is 7.80. The Morgan fingerprint density at radius 2 is 2.23 bits per heavy atom. The monoisotopic (exact) mass is 206 g/mol. The van der Waals surface area contributed by atoms with Crippen molar-refractivity contribution in [2.75, 3.05) is 26.9 Å². The van der Waals surface area contributed by atoms with Gasteiger partial charge in [0.2, 0.25) is 0 Å². The van der Waals surface area contributed by atoms with E-state index >= 15 is 0 Å². The molecule has 0 spiro atoms. The van der Waals surface area contributed by atoms with Crippen molar-refractivity contribution in [2.24, 2.45) is 0 Å². The molecule has 0 saturated carbocycles. The molecule has 0 saturated heterocycles. The van der Waals surface area contributed by atoms with Crippen LogP contribution in [-0.2, 0) is 9.47 Å². The molecule has 1 amide bonds. The average molecular weight is 206 g/mol. The first-order chi connectivity index (χ1) is 6.20. The fourth-order valence-corrected chi connectivity index (χ4v) is 0.756. The van der Waals surface area contributed by atoms with Gasteiger partial charge in [0, 0.05) is 13.7 Å². The van der Waals surface area contributed by atoms with E-state index in [-0.39, 0.29) is 5.11 Å². The van der Waals surface area contributed by atoms with Crippen LogP contribution in [0.4, 0.5) is 4.79 Å². The number of alkyl carbamates (subject to hydrolysis) is 1. The van der Waals surface area contributed by atoms with Crippen LogP contribution < -0.4 is 10.6 Å². The minimum Gasteiger partial charge on any atom is -0.450 e. The van der Waals surface area contributed by atoms with Crippen molar-refractivity contribution >= 4 is 23.4 Å². The Balaban J connectivity index is 3.44. The van der Waals surface area contributed by atoms with Gasteiger partial charge >= 0.3 is 6.09 Å². The number of thiocarbonyl (C=S) groups is 1. The molecule has 13 heavy (non-hydrogen) atoms. The molecule has 0 radical (unpaired) electrons. The topological polar surface area (TPSA) is 59.6 Å². The van der Waals surface area contributed by atoms with Crippen LogP contribution in [0.5, 0.6) is 0 Å². The van der Waals surface area contributed by atoms with Crippen molar-refractivity contribution in [3.05, 3.63) is 0 Å². The van der Waals surface area contributed by atoms with Crippen LogP contribution in [0.2, 0.25) is 0 Å². The largest absolute Gasteiger partial charge is 0.450 e. The highest BCUT2D eigenvalue weighted by atomic mass is 32.1. The Morgan fingerprint density at radius 3 is 2.77 bits per heavy atom. The molecule has 0 unspecified atom stereocenters. The molecule has 0 aliphatic carbocycles. The molecule has 0 aromatic rings.